The normalized spacial score (nSPS) is 12.9. The third-order valence-electron chi connectivity index (χ3n) is 3.01. The van der Waals surface area contributed by atoms with Gasteiger partial charge in [0.15, 0.2) is 0 Å². The molecule has 2 amide bonds. The van der Waals surface area contributed by atoms with Crippen molar-refractivity contribution in [2.45, 2.75) is 38.8 Å². The molecule has 21 heavy (non-hydrogen) atoms. The molecule has 118 valence electrons. The maximum Gasteiger partial charge on any atom is 0.317 e. The minimum Gasteiger partial charge on any atom is -0.389 e. The average molecular weight is 300 g/mol. The number of nitrogens with one attached hydrogen (secondary N) is 1. The van der Waals surface area contributed by atoms with Gasteiger partial charge in [0.25, 0.3) is 0 Å². The van der Waals surface area contributed by atoms with Crippen LogP contribution in [0.1, 0.15) is 38.8 Å². The van der Waals surface area contributed by atoms with Crippen LogP contribution in [0, 0.1) is 11.6 Å². The van der Waals surface area contributed by atoms with E-state index in [2.05, 4.69) is 5.32 Å². The van der Waals surface area contributed by atoms with Gasteiger partial charge in [-0.3, -0.25) is 0 Å². The summed E-state index contributed by atoms with van der Waals surface area (Å²) < 4.78 is 27.0. The van der Waals surface area contributed by atoms with Crippen LogP contribution in [0.25, 0.3) is 0 Å². The number of halogens is 2. The van der Waals surface area contributed by atoms with Gasteiger partial charge in [-0.05, 0) is 38.5 Å². The number of hydrogen-bond acceptors (Lipinski definition) is 2. The topological polar surface area (TPSA) is 52.6 Å². The summed E-state index contributed by atoms with van der Waals surface area (Å²) in [5.74, 6) is -1.11. The summed E-state index contributed by atoms with van der Waals surface area (Å²) >= 11 is 0. The monoisotopic (exact) mass is 300 g/mol. The number of carbonyl (C=O) groups excluding carboxylic acids is 1. The Kier molecular flexibility index (Phi) is 5.66. The molecule has 1 atom stereocenters. The number of likely N-dealkylation sites (N-methyl/N-ethyl adjacent to an activating group) is 1. The Balaban J connectivity index is 2.82. The zero-order valence-electron chi connectivity index (χ0n) is 12.8. The van der Waals surface area contributed by atoms with Gasteiger partial charge in [-0.15, -0.1) is 0 Å². The van der Waals surface area contributed by atoms with E-state index in [1.165, 1.54) is 11.9 Å². The first-order chi connectivity index (χ1) is 9.64. The lowest BCUT2D eigenvalue weighted by Gasteiger charge is -2.28. The number of carbonyl (C=O) groups is 1. The van der Waals surface area contributed by atoms with Crippen LogP contribution >= 0.6 is 0 Å². The summed E-state index contributed by atoms with van der Waals surface area (Å²) in [5, 5.41) is 12.3. The second-order valence-electron chi connectivity index (χ2n) is 5.74. The lowest BCUT2D eigenvalue weighted by atomic mass is 10.0. The fourth-order valence-electron chi connectivity index (χ4n) is 2.09. The molecule has 6 heteroatoms. The van der Waals surface area contributed by atoms with Gasteiger partial charge in [-0.25, -0.2) is 13.6 Å². The van der Waals surface area contributed by atoms with Crippen molar-refractivity contribution >= 4 is 6.03 Å². The molecular weight excluding hydrogens is 278 g/mol. The molecule has 4 nitrogen and oxygen atoms in total. The van der Waals surface area contributed by atoms with Crippen LogP contribution in [-0.2, 0) is 0 Å². The first-order valence-electron chi connectivity index (χ1n) is 6.83. The molecular formula is C15H22F2N2O2. The smallest absolute Gasteiger partial charge is 0.317 e. The number of amides is 2. The lowest BCUT2D eigenvalue weighted by molar-refractivity contribution is 0.0527. The van der Waals surface area contributed by atoms with Gasteiger partial charge in [-0.1, -0.05) is 6.92 Å². The van der Waals surface area contributed by atoms with E-state index in [0.29, 0.717) is 6.42 Å². The summed E-state index contributed by atoms with van der Waals surface area (Å²) in [6.45, 7) is 5.06. The number of benzene rings is 1. The van der Waals surface area contributed by atoms with Gasteiger partial charge in [0.1, 0.15) is 11.6 Å². The van der Waals surface area contributed by atoms with Crippen molar-refractivity contribution in [3.63, 3.8) is 0 Å². The van der Waals surface area contributed by atoms with E-state index in [9.17, 15) is 18.7 Å². The molecule has 0 saturated heterocycles. The van der Waals surface area contributed by atoms with E-state index < -0.39 is 29.3 Å². The highest BCUT2D eigenvalue weighted by Crippen LogP contribution is 2.21. The van der Waals surface area contributed by atoms with E-state index in [1.807, 2.05) is 0 Å². The minimum atomic E-state index is -1.03. The standard InChI is InChI=1S/C15H22F2N2O2/c1-5-13(11-8-10(16)6-7-12(11)17)18-14(20)19(4)9-15(2,3)21/h6-8,13,21H,5,9H2,1-4H3,(H,18,20). The van der Waals surface area contributed by atoms with Gasteiger partial charge in [0.2, 0.25) is 0 Å². The molecule has 0 fully saturated rings. The number of urea groups is 1. The highest BCUT2D eigenvalue weighted by molar-refractivity contribution is 5.74. The second kappa shape index (κ2) is 6.85. The zero-order chi connectivity index (χ0) is 16.2. The van der Waals surface area contributed by atoms with Crippen LogP contribution in [0.5, 0.6) is 0 Å². The van der Waals surface area contributed by atoms with E-state index in [0.717, 1.165) is 18.2 Å². The highest BCUT2D eigenvalue weighted by Gasteiger charge is 2.23. The van der Waals surface area contributed by atoms with Crippen LogP contribution in [0.3, 0.4) is 0 Å². The maximum atomic E-state index is 13.8. The average Bonchev–Trinajstić information content (AvgIpc) is 2.36. The third kappa shape index (κ3) is 5.30. The van der Waals surface area contributed by atoms with E-state index in [-0.39, 0.29) is 12.1 Å². The quantitative estimate of drug-likeness (QED) is 0.878. The molecule has 0 aliphatic rings. The largest absolute Gasteiger partial charge is 0.389 e. The molecule has 2 N–H and O–H groups in total. The number of hydrogen-bond donors (Lipinski definition) is 2. The lowest BCUT2D eigenvalue weighted by Crippen LogP contribution is -2.45. The molecule has 0 aromatic heterocycles. The molecule has 0 heterocycles. The van der Waals surface area contributed by atoms with E-state index >= 15 is 0 Å². The van der Waals surface area contributed by atoms with Gasteiger partial charge in [-0.2, -0.15) is 0 Å². The Bertz CT molecular complexity index is 501. The number of rotatable bonds is 5. The van der Waals surface area contributed by atoms with Crippen LogP contribution in [0.2, 0.25) is 0 Å². The minimum absolute atomic E-state index is 0.113. The van der Waals surface area contributed by atoms with Gasteiger partial charge in [0, 0.05) is 12.6 Å². The van der Waals surface area contributed by atoms with E-state index in [1.54, 1.807) is 20.8 Å². The Morgan fingerprint density at radius 3 is 2.57 bits per heavy atom. The van der Waals surface area contributed by atoms with Crippen LogP contribution in [0.15, 0.2) is 18.2 Å². The van der Waals surface area contributed by atoms with Crippen molar-refractivity contribution in [1.82, 2.24) is 10.2 Å². The van der Waals surface area contributed by atoms with Crippen LogP contribution in [0.4, 0.5) is 13.6 Å². The third-order valence-corrected chi connectivity index (χ3v) is 3.01. The summed E-state index contributed by atoms with van der Waals surface area (Å²) in [7, 11) is 1.53. The maximum absolute atomic E-state index is 13.8. The van der Waals surface area contributed by atoms with Crippen LogP contribution < -0.4 is 5.32 Å². The van der Waals surface area contributed by atoms with Crippen molar-refractivity contribution in [2.75, 3.05) is 13.6 Å². The van der Waals surface area contributed by atoms with Gasteiger partial charge in [0.05, 0.1) is 18.2 Å². The molecule has 1 unspecified atom stereocenters. The SMILES string of the molecule is CCC(NC(=O)N(C)CC(C)(C)O)c1cc(F)ccc1F. The first-order valence-corrected chi connectivity index (χ1v) is 6.83. The number of aliphatic hydroxyl groups is 1. The second-order valence-corrected chi connectivity index (χ2v) is 5.74. The van der Waals surface area contributed by atoms with Crippen molar-refractivity contribution in [3.8, 4) is 0 Å². The van der Waals surface area contributed by atoms with Crippen molar-refractivity contribution in [3.05, 3.63) is 35.4 Å². The predicted molar refractivity (Wildman–Crippen MR) is 76.8 cm³/mol. The molecule has 0 radical (unpaired) electrons. The Labute approximate surface area is 123 Å². The molecule has 0 aliphatic heterocycles. The summed E-state index contributed by atoms with van der Waals surface area (Å²) in [4.78, 5) is 13.4. The van der Waals surface area contributed by atoms with Crippen molar-refractivity contribution < 1.29 is 18.7 Å². The van der Waals surface area contributed by atoms with E-state index in [4.69, 9.17) is 0 Å². The van der Waals surface area contributed by atoms with Gasteiger partial charge >= 0.3 is 6.03 Å². The summed E-state index contributed by atoms with van der Waals surface area (Å²) in [6.07, 6.45) is 0.419. The molecule has 0 spiro atoms. The molecule has 1 aromatic carbocycles. The zero-order valence-corrected chi connectivity index (χ0v) is 12.8. The fourth-order valence-corrected chi connectivity index (χ4v) is 2.09. The summed E-state index contributed by atoms with van der Waals surface area (Å²) in [5.41, 5.74) is -0.916. The summed E-state index contributed by atoms with van der Waals surface area (Å²) in [6, 6.07) is 2.08. The van der Waals surface area contributed by atoms with Crippen LogP contribution in [-0.4, -0.2) is 35.2 Å². The molecule has 1 aromatic rings. The predicted octanol–water partition coefficient (Wildman–Crippen LogP) is 2.83. The first kappa shape index (κ1) is 17.4. The Morgan fingerprint density at radius 1 is 1.43 bits per heavy atom. The van der Waals surface area contributed by atoms with Gasteiger partial charge < -0.3 is 15.3 Å². The fraction of sp³-hybridized carbons (Fsp3) is 0.533. The molecule has 1 rings (SSSR count). The van der Waals surface area contributed by atoms with Crippen molar-refractivity contribution in [1.29, 1.82) is 0 Å². The number of nitrogens with zero attached hydrogens (tertiary/aromatic N) is 1. The Hall–Kier alpha value is -1.69. The molecule has 0 bridgehead atoms. The molecule has 0 aliphatic carbocycles. The Morgan fingerprint density at radius 2 is 2.05 bits per heavy atom. The highest BCUT2D eigenvalue weighted by atomic mass is 19.1. The van der Waals surface area contributed by atoms with Crippen molar-refractivity contribution in [2.24, 2.45) is 0 Å². The molecule has 0 saturated carbocycles.